The van der Waals surface area contributed by atoms with Crippen LogP contribution in [0.5, 0.6) is 5.88 Å². The molecule has 1 aliphatic heterocycles. The number of ether oxygens (including phenoxy) is 1. The third-order valence-electron chi connectivity index (χ3n) is 3.63. The van der Waals surface area contributed by atoms with Crippen LogP contribution in [-0.2, 0) is 11.2 Å². The van der Waals surface area contributed by atoms with Crippen molar-refractivity contribution >= 4 is 11.6 Å². The lowest BCUT2D eigenvalue weighted by molar-refractivity contribution is -0.384. The number of carbonyl (C=O) groups excluding carboxylic acids is 1. The number of rotatable bonds is 5. The summed E-state index contributed by atoms with van der Waals surface area (Å²) < 4.78 is 5.64. The fourth-order valence-corrected chi connectivity index (χ4v) is 2.33. The number of non-ortho nitro benzene ring substituents is 1. The Labute approximate surface area is 132 Å². The van der Waals surface area contributed by atoms with Gasteiger partial charge in [0.15, 0.2) is 0 Å². The van der Waals surface area contributed by atoms with E-state index in [9.17, 15) is 14.9 Å². The van der Waals surface area contributed by atoms with Crippen LogP contribution >= 0.6 is 0 Å². The van der Waals surface area contributed by atoms with E-state index in [2.05, 4.69) is 4.98 Å². The molecule has 0 radical (unpaired) electrons. The summed E-state index contributed by atoms with van der Waals surface area (Å²) in [4.78, 5) is 28.1. The predicted molar refractivity (Wildman–Crippen MR) is 82.0 cm³/mol. The fraction of sp³-hybridized carbons (Fsp3) is 0.250. The molecule has 0 bridgehead atoms. The minimum Gasteiger partial charge on any atom is -0.471 e. The van der Waals surface area contributed by atoms with Gasteiger partial charge in [-0.25, -0.2) is 4.98 Å². The van der Waals surface area contributed by atoms with Crippen LogP contribution in [0.1, 0.15) is 5.56 Å². The molecule has 0 N–H and O–H groups in total. The van der Waals surface area contributed by atoms with Crippen molar-refractivity contribution in [2.24, 2.45) is 0 Å². The van der Waals surface area contributed by atoms with Gasteiger partial charge in [0.05, 0.1) is 24.4 Å². The zero-order valence-corrected chi connectivity index (χ0v) is 12.3. The standard InChI is InChI=1S/C16H15N3O4/c20-16(9-12-4-6-13(7-5-12)19(21)22)18-10-14(11-18)23-15-3-1-2-8-17-15/h1-8,14H,9-11H2. The van der Waals surface area contributed by atoms with Crippen molar-refractivity contribution in [3.63, 3.8) is 0 Å². The Morgan fingerprint density at radius 3 is 2.61 bits per heavy atom. The molecule has 0 spiro atoms. The number of pyridine rings is 1. The van der Waals surface area contributed by atoms with E-state index < -0.39 is 4.92 Å². The molecule has 1 amide bonds. The van der Waals surface area contributed by atoms with Crippen molar-refractivity contribution in [3.05, 3.63) is 64.3 Å². The number of carbonyl (C=O) groups is 1. The zero-order chi connectivity index (χ0) is 16.2. The molecule has 7 nitrogen and oxygen atoms in total. The van der Waals surface area contributed by atoms with E-state index in [1.807, 2.05) is 12.1 Å². The molecule has 2 aromatic rings. The van der Waals surface area contributed by atoms with Crippen molar-refractivity contribution < 1.29 is 14.5 Å². The van der Waals surface area contributed by atoms with Crippen molar-refractivity contribution in [3.8, 4) is 5.88 Å². The van der Waals surface area contributed by atoms with Crippen LogP contribution in [0.4, 0.5) is 5.69 Å². The van der Waals surface area contributed by atoms with Gasteiger partial charge in [0, 0.05) is 24.4 Å². The van der Waals surface area contributed by atoms with Crippen LogP contribution in [0, 0.1) is 10.1 Å². The number of benzene rings is 1. The van der Waals surface area contributed by atoms with Crippen LogP contribution in [0.15, 0.2) is 48.7 Å². The normalized spacial score (nSPS) is 14.2. The number of nitro groups is 1. The Morgan fingerprint density at radius 1 is 1.26 bits per heavy atom. The number of aromatic nitrogens is 1. The summed E-state index contributed by atoms with van der Waals surface area (Å²) in [5.74, 6) is 0.541. The maximum absolute atomic E-state index is 12.1. The number of nitro benzene ring substituents is 1. The van der Waals surface area contributed by atoms with E-state index in [1.54, 1.807) is 29.3 Å². The quantitative estimate of drug-likeness (QED) is 0.621. The minimum absolute atomic E-state index is 0.0141. The largest absolute Gasteiger partial charge is 0.471 e. The van der Waals surface area contributed by atoms with Crippen LogP contribution in [0.2, 0.25) is 0 Å². The molecule has 0 aliphatic carbocycles. The summed E-state index contributed by atoms with van der Waals surface area (Å²) in [5, 5.41) is 10.6. The second-order valence-electron chi connectivity index (χ2n) is 5.31. The van der Waals surface area contributed by atoms with Crippen LogP contribution in [-0.4, -0.2) is 39.9 Å². The van der Waals surface area contributed by atoms with Gasteiger partial charge in [0.25, 0.3) is 5.69 Å². The zero-order valence-electron chi connectivity index (χ0n) is 12.3. The fourth-order valence-electron chi connectivity index (χ4n) is 2.33. The van der Waals surface area contributed by atoms with Gasteiger partial charge in [0.2, 0.25) is 11.8 Å². The molecule has 2 heterocycles. The van der Waals surface area contributed by atoms with Crippen molar-refractivity contribution in [2.75, 3.05) is 13.1 Å². The summed E-state index contributed by atoms with van der Waals surface area (Å²) in [5.41, 5.74) is 0.781. The number of amides is 1. The van der Waals surface area contributed by atoms with Gasteiger partial charge in [-0.1, -0.05) is 18.2 Å². The summed E-state index contributed by atoms with van der Waals surface area (Å²) in [7, 11) is 0. The molecule has 1 saturated heterocycles. The molecule has 0 atom stereocenters. The highest BCUT2D eigenvalue weighted by Gasteiger charge is 2.32. The molecule has 1 fully saturated rings. The second-order valence-corrected chi connectivity index (χ2v) is 5.31. The van der Waals surface area contributed by atoms with Gasteiger partial charge in [0.1, 0.15) is 6.10 Å². The molecular formula is C16H15N3O4. The van der Waals surface area contributed by atoms with Gasteiger partial charge in [-0.05, 0) is 11.6 Å². The third kappa shape index (κ3) is 3.63. The maximum atomic E-state index is 12.1. The van der Waals surface area contributed by atoms with Crippen molar-refractivity contribution in [1.82, 2.24) is 9.88 Å². The third-order valence-corrected chi connectivity index (χ3v) is 3.63. The Morgan fingerprint density at radius 2 is 2.00 bits per heavy atom. The molecule has 3 rings (SSSR count). The highest BCUT2D eigenvalue weighted by Crippen LogP contribution is 2.18. The summed E-state index contributed by atoms with van der Waals surface area (Å²) in [6, 6.07) is 11.5. The van der Waals surface area contributed by atoms with E-state index in [-0.39, 0.29) is 24.1 Å². The molecular weight excluding hydrogens is 298 g/mol. The molecule has 1 aromatic heterocycles. The minimum atomic E-state index is -0.458. The average molecular weight is 313 g/mol. The first-order chi connectivity index (χ1) is 11.1. The van der Waals surface area contributed by atoms with E-state index >= 15 is 0 Å². The summed E-state index contributed by atoms with van der Waals surface area (Å²) >= 11 is 0. The highest BCUT2D eigenvalue weighted by atomic mass is 16.6. The van der Waals surface area contributed by atoms with Gasteiger partial charge in [-0.2, -0.15) is 0 Å². The number of hydrogen-bond acceptors (Lipinski definition) is 5. The van der Waals surface area contributed by atoms with Crippen LogP contribution in [0.25, 0.3) is 0 Å². The average Bonchev–Trinajstić information content (AvgIpc) is 2.52. The monoisotopic (exact) mass is 313 g/mol. The van der Waals surface area contributed by atoms with E-state index in [1.165, 1.54) is 12.1 Å². The van der Waals surface area contributed by atoms with Gasteiger partial charge < -0.3 is 9.64 Å². The van der Waals surface area contributed by atoms with Crippen molar-refractivity contribution in [2.45, 2.75) is 12.5 Å². The first-order valence-corrected chi connectivity index (χ1v) is 7.20. The lowest BCUT2D eigenvalue weighted by atomic mass is 10.1. The molecule has 23 heavy (non-hydrogen) atoms. The number of hydrogen-bond donors (Lipinski definition) is 0. The molecule has 1 aromatic carbocycles. The molecule has 0 saturated carbocycles. The van der Waals surface area contributed by atoms with Gasteiger partial charge in [-0.3, -0.25) is 14.9 Å². The Hall–Kier alpha value is -2.96. The molecule has 0 unspecified atom stereocenters. The van der Waals surface area contributed by atoms with Crippen molar-refractivity contribution in [1.29, 1.82) is 0 Å². The summed E-state index contributed by atoms with van der Waals surface area (Å²) in [6.45, 7) is 1.06. The van der Waals surface area contributed by atoms with E-state index in [0.717, 1.165) is 5.56 Å². The Bertz CT molecular complexity index is 697. The van der Waals surface area contributed by atoms with E-state index in [0.29, 0.717) is 19.0 Å². The Balaban J connectivity index is 1.48. The van der Waals surface area contributed by atoms with Gasteiger partial charge >= 0.3 is 0 Å². The SMILES string of the molecule is O=C(Cc1ccc([N+](=O)[O-])cc1)N1CC(Oc2ccccn2)C1. The lowest BCUT2D eigenvalue weighted by Crippen LogP contribution is -2.56. The smallest absolute Gasteiger partial charge is 0.269 e. The van der Waals surface area contributed by atoms with Gasteiger partial charge in [-0.15, -0.1) is 0 Å². The van der Waals surface area contributed by atoms with Crippen LogP contribution < -0.4 is 4.74 Å². The lowest BCUT2D eigenvalue weighted by Gasteiger charge is -2.38. The number of likely N-dealkylation sites (tertiary alicyclic amines) is 1. The second kappa shape index (κ2) is 6.43. The van der Waals surface area contributed by atoms with Crippen LogP contribution in [0.3, 0.4) is 0 Å². The first-order valence-electron chi connectivity index (χ1n) is 7.20. The molecule has 118 valence electrons. The predicted octanol–water partition coefficient (Wildman–Crippen LogP) is 1.82. The topological polar surface area (TPSA) is 85.6 Å². The van der Waals surface area contributed by atoms with E-state index in [4.69, 9.17) is 4.74 Å². The molecule has 7 heteroatoms. The maximum Gasteiger partial charge on any atom is 0.269 e. The molecule has 1 aliphatic rings. The Kier molecular flexibility index (Phi) is 4.18. The summed E-state index contributed by atoms with van der Waals surface area (Å²) in [6.07, 6.45) is 1.85. The highest BCUT2D eigenvalue weighted by molar-refractivity contribution is 5.79. The number of nitrogens with zero attached hydrogens (tertiary/aromatic N) is 3. The first kappa shape index (κ1) is 15.0.